The Labute approximate surface area is 113 Å². The van der Waals surface area contributed by atoms with E-state index in [9.17, 15) is 0 Å². The first-order chi connectivity index (χ1) is 8.90. The zero-order valence-electron chi connectivity index (χ0n) is 10.9. The van der Waals surface area contributed by atoms with Crippen LogP contribution in [-0.2, 0) is 19.4 Å². The fraction of sp³-hybridized carbons (Fsp3) is 0.500. The molecule has 0 radical (unpaired) electrons. The Bertz CT molecular complexity index is 434. The van der Waals surface area contributed by atoms with Crippen LogP contribution in [0.3, 0.4) is 0 Å². The molecule has 0 saturated carbocycles. The Hall–Kier alpha value is -1.13. The maximum Gasteiger partial charge on any atom is 0.108 e. The summed E-state index contributed by atoms with van der Waals surface area (Å²) >= 11 is 1.83. The third-order valence-electron chi connectivity index (χ3n) is 2.93. The predicted molar refractivity (Wildman–Crippen MR) is 77.1 cm³/mol. The van der Waals surface area contributed by atoms with Gasteiger partial charge in [-0.3, -0.25) is 0 Å². The minimum atomic E-state index is 1.01. The summed E-state index contributed by atoms with van der Waals surface area (Å²) in [5.74, 6) is 1.21. The molecule has 4 heteroatoms. The van der Waals surface area contributed by atoms with E-state index < -0.39 is 0 Å². The molecule has 0 atom stereocenters. The SMILES string of the molecule is CCCc1nccn1CCNCCc1cccs1. The number of aryl methyl sites for hydroxylation is 1. The predicted octanol–water partition coefficient (Wildman–Crippen LogP) is 2.73. The molecule has 0 saturated heterocycles. The Kier molecular flexibility index (Phi) is 5.42. The lowest BCUT2D eigenvalue weighted by Crippen LogP contribution is -2.22. The van der Waals surface area contributed by atoms with Crippen molar-refractivity contribution in [2.45, 2.75) is 32.7 Å². The smallest absolute Gasteiger partial charge is 0.108 e. The Morgan fingerprint density at radius 3 is 3.06 bits per heavy atom. The van der Waals surface area contributed by atoms with Crippen LogP contribution >= 0.6 is 11.3 Å². The molecule has 98 valence electrons. The summed E-state index contributed by atoms with van der Waals surface area (Å²) in [6.07, 6.45) is 7.33. The van der Waals surface area contributed by atoms with Crippen LogP contribution in [0.15, 0.2) is 29.9 Å². The normalized spacial score (nSPS) is 10.9. The highest BCUT2D eigenvalue weighted by atomic mass is 32.1. The van der Waals surface area contributed by atoms with Crippen LogP contribution in [0.4, 0.5) is 0 Å². The van der Waals surface area contributed by atoms with E-state index >= 15 is 0 Å². The number of hydrogen-bond acceptors (Lipinski definition) is 3. The summed E-state index contributed by atoms with van der Waals surface area (Å²) in [6, 6.07) is 4.31. The van der Waals surface area contributed by atoms with E-state index in [0.717, 1.165) is 38.9 Å². The zero-order valence-corrected chi connectivity index (χ0v) is 11.7. The number of rotatable bonds is 8. The second kappa shape index (κ2) is 7.34. The molecule has 0 spiro atoms. The zero-order chi connectivity index (χ0) is 12.6. The maximum atomic E-state index is 4.38. The molecular weight excluding hydrogens is 242 g/mol. The van der Waals surface area contributed by atoms with Gasteiger partial charge in [-0.1, -0.05) is 13.0 Å². The standard InChI is InChI=1S/C14H21N3S/c1-2-4-14-16-9-11-17(14)10-8-15-7-6-13-5-3-12-18-13/h3,5,9,11-12,15H,2,4,6-8,10H2,1H3. The number of hydrogen-bond donors (Lipinski definition) is 1. The van der Waals surface area contributed by atoms with E-state index in [1.54, 1.807) is 0 Å². The van der Waals surface area contributed by atoms with Crippen LogP contribution in [0, 0.1) is 0 Å². The lowest BCUT2D eigenvalue weighted by molar-refractivity contribution is 0.578. The van der Waals surface area contributed by atoms with Crippen LogP contribution < -0.4 is 5.32 Å². The van der Waals surface area contributed by atoms with Crippen molar-refractivity contribution in [1.82, 2.24) is 14.9 Å². The van der Waals surface area contributed by atoms with Gasteiger partial charge in [-0.25, -0.2) is 4.98 Å². The van der Waals surface area contributed by atoms with E-state index in [-0.39, 0.29) is 0 Å². The van der Waals surface area contributed by atoms with Gasteiger partial charge < -0.3 is 9.88 Å². The van der Waals surface area contributed by atoms with E-state index in [2.05, 4.69) is 45.5 Å². The summed E-state index contributed by atoms with van der Waals surface area (Å²) in [5.41, 5.74) is 0. The number of nitrogens with one attached hydrogen (secondary N) is 1. The highest BCUT2D eigenvalue weighted by Crippen LogP contribution is 2.08. The summed E-state index contributed by atoms with van der Waals surface area (Å²) in [6.45, 7) is 5.27. The molecule has 18 heavy (non-hydrogen) atoms. The Morgan fingerprint density at radius 2 is 2.28 bits per heavy atom. The third kappa shape index (κ3) is 3.96. The molecule has 2 aromatic rings. The van der Waals surface area contributed by atoms with Crippen LogP contribution in [-0.4, -0.2) is 22.6 Å². The fourth-order valence-electron chi connectivity index (χ4n) is 1.99. The van der Waals surface area contributed by atoms with Gasteiger partial charge >= 0.3 is 0 Å². The number of aromatic nitrogens is 2. The largest absolute Gasteiger partial charge is 0.334 e. The molecule has 0 amide bonds. The van der Waals surface area contributed by atoms with Crippen molar-refractivity contribution >= 4 is 11.3 Å². The van der Waals surface area contributed by atoms with Crippen molar-refractivity contribution in [3.8, 4) is 0 Å². The Balaban J connectivity index is 1.64. The summed E-state index contributed by atoms with van der Waals surface area (Å²) in [4.78, 5) is 5.84. The van der Waals surface area contributed by atoms with Crippen LogP contribution in [0.2, 0.25) is 0 Å². The minimum Gasteiger partial charge on any atom is -0.334 e. The second-order valence-electron chi connectivity index (χ2n) is 4.37. The monoisotopic (exact) mass is 263 g/mol. The topological polar surface area (TPSA) is 29.9 Å². The van der Waals surface area contributed by atoms with Crippen molar-refractivity contribution < 1.29 is 0 Å². The quantitative estimate of drug-likeness (QED) is 0.742. The molecule has 3 nitrogen and oxygen atoms in total. The van der Waals surface area contributed by atoms with Crippen LogP contribution in [0.5, 0.6) is 0 Å². The van der Waals surface area contributed by atoms with Gasteiger partial charge in [0.25, 0.3) is 0 Å². The van der Waals surface area contributed by atoms with Crippen molar-refractivity contribution in [2.75, 3.05) is 13.1 Å². The van der Waals surface area contributed by atoms with Crippen molar-refractivity contribution in [2.24, 2.45) is 0 Å². The summed E-state index contributed by atoms with van der Waals surface area (Å²) in [7, 11) is 0. The molecule has 0 aliphatic carbocycles. The van der Waals surface area contributed by atoms with E-state index in [0.29, 0.717) is 0 Å². The molecule has 2 rings (SSSR count). The summed E-state index contributed by atoms with van der Waals surface area (Å²) < 4.78 is 2.25. The first kappa shape index (κ1) is 13.3. The molecule has 2 heterocycles. The molecule has 0 aliphatic rings. The number of nitrogens with zero attached hydrogens (tertiary/aromatic N) is 2. The highest BCUT2D eigenvalue weighted by Gasteiger charge is 2.00. The van der Waals surface area contributed by atoms with E-state index in [4.69, 9.17) is 0 Å². The van der Waals surface area contributed by atoms with Gasteiger partial charge in [0.1, 0.15) is 5.82 Å². The lowest BCUT2D eigenvalue weighted by Gasteiger charge is -2.08. The molecule has 2 aromatic heterocycles. The van der Waals surface area contributed by atoms with Gasteiger partial charge in [0.2, 0.25) is 0 Å². The van der Waals surface area contributed by atoms with Crippen molar-refractivity contribution in [3.63, 3.8) is 0 Å². The van der Waals surface area contributed by atoms with E-state index in [1.807, 2.05) is 17.5 Å². The number of imidazole rings is 1. The molecule has 0 aromatic carbocycles. The molecule has 0 unspecified atom stereocenters. The average Bonchev–Trinajstić information content (AvgIpc) is 3.01. The first-order valence-electron chi connectivity index (χ1n) is 6.63. The highest BCUT2D eigenvalue weighted by molar-refractivity contribution is 7.09. The van der Waals surface area contributed by atoms with Gasteiger partial charge in [0.15, 0.2) is 0 Å². The maximum absolute atomic E-state index is 4.38. The number of thiophene rings is 1. The molecule has 0 bridgehead atoms. The van der Waals surface area contributed by atoms with Crippen molar-refractivity contribution in [1.29, 1.82) is 0 Å². The molecule has 0 aliphatic heterocycles. The van der Waals surface area contributed by atoms with Gasteiger partial charge in [-0.05, 0) is 24.3 Å². The van der Waals surface area contributed by atoms with Gasteiger partial charge in [-0.2, -0.15) is 0 Å². The first-order valence-corrected chi connectivity index (χ1v) is 7.51. The van der Waals surface area contributed by atoms with Gasteiger partial charge in [0, 0.05) is 43.3 Å². The minimum absolute atomic E-state index is 1.01. The molecule has 0 fully saturated rings. The second-order valence-corrected chi connectivity index (χ2v) is 5.40. The van der Waals surface area contributed by atoms with E-state index in [1.165, 1.54) is 10.7 Å². The Morgan fingerprint density at radius 1 is 1.33 bits per heavy atom. The molecular formula is C14H21N3S. The van der Waals surface area contributed by atoms with Gasteiger partial charge in [0.05, 0.1) is 0 Å². The average molecular weight is 263 g/mol. The van der Waals surface area contributed by atoms with Crippen molar-refractivity contribution in [3.05, 3.63) is 40.6 Å². The summed E-state index contributed by atoms with van der Waals surface area (Å²) in [5, 5.41) is 5.63. The van der Waals surface area contributed by atoms with Crippen LogP contribution in [0.25, 0.3) is 0 Å². The fourth-order valence-corrected chi connectivity index (χ4v) is 2.70. The molecule has 1 N–H and O–H groups in total. The van der Waals surface area contributed by atoms with Crippen LogP contribution in [0.1, 0.15) is 24.0 Å². The third-order valence-corrected chi connectivity index (χ3v) is 3.87. The lowest BCUT2D eigenvalue weighted by atomic mass is 10.3. The van der Waals surface area contributed by atoms with Gasteiger partial charge in [-0.15, -0.1) is 11.3 Å².